The van der Waals surface area contributed by atoms with Gasteiger partial charge in [-0.3, -0.25) is 4.79 Å². The number of carbonyl (C=O) groups is 1. The highest BCUT2D eigenvalue weighted by Crippen LogP contribution is 2.19. The number of carboxylic acids is 1. The molecule has 0 spiro atoms. The van der Waals surface area contributed by atoms with Crippen LogP contribution in [0.1, 0.15) is 11.3 Å². The van der Waals surface area contributed by atoms with Crippen molar-refractivity contribution < 1.29 is 9.90 Å². The lowest BCUT2D eigenvalue weighted by Gasteiger charge is -1.93. The summed E-state index contributed by atoms with van der Waals surface area (Å²) >= 11 is 1.57. The highest BCUT2D eigenvalue weighted by molar-refractivity contribution is 7.11. The van der Waals surface area contributed by atoms with Crippen LogP contribution in [0.5, 0.6) is 0 Å². The van der Waals surface area contributed by atoms with Gasteiger partial charge in [-0.2, -0.15) is 0 Å². The van der Waals surface area contributed by atoms with Gasteiger partial charge in [0.25, 0.3) is 0 Å². The molecule has 0 unspecified atom stereocenters. The highest BCUT2D eigenvalue weighted by atomic mass is 32.1. The zero-order valence-electron chi connectivity index (χ0n) is 8.41. The minimum atomic E-state index is -0.817. The number of imidazole rings is 1. The van der Waals surface area contributed by atoms with Gasteiger partial charge in [-0.05, 0) is 12.1 Å². The molecular weight excluding hydrogens is 224 g/mol. The Labute approximate surface area is 96.5 Å². The fourth-order valence-corrected chi connectivity index (χ4v) is 2.06. The van der Waals surface area contributed by atoms with Crippen molar-refractivity contribution in [2.75, 3.05) is 0 Å². The monoisotopic (exact) mass is 234 g/mol. The molecule has 2 aromatic rings. The fraction of sp³-hybridized carbons (Fsp3) is 0.0909. The van der Waals surface area contributed by atoms with E-state index in [9.17, 15) is 4.79 Å². The van der Waals surface area contributed by atoms with Crippen LogP contribution < -0.4 is 0 Å². The minimum Gasteiger partial charge on any atom is -0.481 e. The molecule has 0 bridgehead atoms. The number of hydrogen-bond donors (Lipinski definition) is 1. The summed E-state index contributed by atoms with van der Waals surface area (Å²) in [4.78, 5) is 15.3. The summed E-state index contributed by atoms with van der Waals surface area (Å²) in [7, 11) is 0. The molecule has 2 aromatic heterocycles. The van der Waals surface area contributed by atoms with E-state index >= 15 is 0 Å². The predicted octanol–water partition coefficient (Wildman–Crippen LogP) is 2.42. The van der Waals surface area contributed by atoms with Gasteiger partial charge >= 0.3 is 5.97 Å². The van der Waals surface area contributed by atoms with Crippen molar-refractivity contribution in [1.82, 2.24) is 9.55 Å². The van der Waals surface area contributed by atoms with Crippen molar-refractivity contribution in [3.63, 3.8) is 0 Å². The van der Waals surface area contributed by atoms with Gasteiger partial charge in [-0.15, -0.1) is 11.3 Å². The summed E-state index contributed by atoms with van der Waals surface area (Å²) in [5, 5.41) is 10.5. The lowest BCUT2D eigenvalue weighted by atomic mass is 10.3. The van der Waals surface area contributed by atoms with Gasteiger partial charge in [0.1, 0.15) is 0 Å². The first-order valence-electron chi connectivity index (χ1n) is 4.71. The molecule has 5 heteroatoms. The Balaban J connectivity index is 2.08. The van der Waals surface area contributed by atoms with E-state index in [1.165, 1.54) is 0 Å². The number of aromatic nitrogens is 2. The third kappa shape index (κ3) is 2.58. The molecule has 0 atom stereocenters. The van der Waals surface area contributed by atoms with E-state index in [0.717, 1.165) is 10.6 Å². The van der Waals surface area contributed by atoms with Crippen molar-refractivity contribution in [1.29, 1.82) is 0 Å². The zero-order valence-corrected chi connectivity index (χ0v) is 9.22. The second-order valence-corrected chi connectivity index (χ2v) is 4.12. The molecule has 0 saturated carbocycles. The minimum absolute atomic E-state index is 0.0539. The van der Waals surface area contributed by atoms with Crippen LogP contribution in [-0.2, 0) is 4.79 Å². The Kier molecular flexibility index (Phi) is 3.16. The van der Waals surface area contributed by atoms with Gasteiger partial charge in [0, 0.05) is 22.7 Å². The maximum atomic E-state index is 10.3. The van der Waals surface area contributed by atoms with Crippen LogP contribution in [0.3, 0.4) is 0 Å². The quantitative estimate of drug-likeness (QED) is 0.883. The average Bonchev–Trinajstić information content (AvgIpc) is 2.85. The van der Waals surface area contributed by atoms with Crippen LogP contribution in [-0.4, -0.2) is 20.6 Å². The van der Waals surface area contributed by atoms with E-state index in [2.05, 4.69) is 4.98 Å². The summed E-state index contributed by atoms with van der Waals surface area (Å²) in [5.74, 6) is -0.817. The second-order valence-electron chi connectivity index (χ2n) is 3.18. The lowest BCUT2D eigenvalue weighted by molar-refractivity contribution is -0.135. The number of rotatable bonds is 4. The molecule has 0 aliphatic heterocycles. The molecule has 82 valence electrons. The summed E-state index contributed by atoms with van der Waals surface area (Å²) in [6, 6.07) is 1.99. The normalized spacial score (nSPS) is 11.0. The van der Waals surface area contributed by atoms with Crippen molar-refractivity contribution in [2.24, 2.45) is 0 Å². The maximum absolute atomic E-state index is 10.3. The molecule has 0 amide bonds. The third-order valence-electron chi connectivity index (χ3n) is 1.98. The molecule has 0 fully saturated rings. The third-order valence-corrected chi connectivity index (χ3v) is 2.87. The Hall–Kier alpha value is -1.88. The Bertz CT molecular complexity index is 500. The molecule has 2 heterocycles. The molecule has 16 heavy (non-hydrogen) atoms. The Morgan fingerprint density at radius 2 is 2.50 bits per heavy atom. The molecular formula is C11H10N2O2S. The first-order chi connectivity index (χ1) is 7.75. The standard InChI is InChI=1S/C11H10N2O2S/c14-11(15)3-1-2-10-6-9(7-16-10)13-5-4-12-8-13/h1-2,4-8H,3H2,(H,14,15)/b2-1+. The van der Waals surface area contributed by atoms with Gasteiger partial charge in [0.15, 0.2) is 0 Å². The summed E-state index contributed by atoms with van der Waals surface area (Å²) in [6.45, 7) is 0. The zero-order chi connectivity index (χ0) is 11.4. The maximum Gasteiger partial charge on any atom is 0.307 e. The van der Waals surface area contributed by atoms with Gasteiger partial charge in [-0.1, -0.05) is 6.08 Å². The van der Waals surface area contributed by atoms with Gasteiger partial charge in [0.05, 0.1) is 18.4 Å². The number of hydrogen-bond acceptors (Lipinski definition) is 3. The van der Waals surface area contributed by atoms with Crippen LogP contribution in [0, 0.1) is 0 Å². The topological polar surface area (TPSA) is 55.1 Å². The molecule has 0 radical (unpaired) electrons. The molecule has 2 rings (SSSR count). The molecule has 0 aliphatic carbocycles. The van der Waals surface area contributed by atoms with E-state index < -0.39 is 5.97 Å². The summed E-state index contributed by atoms with van der Waals surface area (Å²) < 4.78 is 1.91. The number of thiophene rings is 1. The van der Waals surface area contributed by atoms with Crippen LogP contribution in [0.4, 0.5) is 0 Å². The molecule has 0 saturated heterocycles. The van der Waals surface area contributed by atoms with Crippen LogP contribution in [0.25, 0.3) is 11.8 Å². The Morgan fingerprint density at radius 3 is 3.19 bits per heavy atom. The van der Waals surface area contributed by atoms with Crippen LogP contribution in [0.2, 0.25) is 0 Å². The second kappa shape index (κ2) is 4.76. The van der Waals surface area contributed by atoms with Gasteiger partial charge in [0.2, 0.25) is 0 Å². The predicted molar refractivity (Wildman–Crippen MR) is 62.7 cm³/mol. The first kappa shape index (κ1) is 10.6. The van der Waals surface area contributed by atoms with Crippen molar-refractivity contribution in [3.8, 4) is 5.69 Å². The van der Waals surface area contributed by atoms with E-state index in [1.54, 1.807) is 29.9 Å². The Morgan fingerprint density at radius 1 is 1.62 bits per heavy atom. The summed E-state index contributed by atoms with van der Waals surface area (Å²) in [6.07, 6.45) is 8.83. The molecule has 4 nitrogen and oxygen atoms in total. The first-order valence-corrected chi connectivity index (χ1v) is 5.59. The van der Waals surface area contributed by atoms with E-state index in [0.29, 0.717) is 0 Å². The lowest BCUT2D eigenvalue weighted by Crippen LogP contribution is -1.89. The smallest absolute Gasteiger partial charge is 0.307 e. The number of aliphatic carboxylic acids is 1. The molecule has 0 aliphatic rings. The van der Waals surface area contributed by atoms with Crippen LogP contribution >= 0.6 is 11.3 Å². The van der Waals surface area contributed by atoms with E-state index in [-0.39, 0.29) is 6.42 Å². The van der Waals surface area contributed by atoms with Crippen molar-refractivity contribution in [3.05, 3.63) is 41.1 Å². The van der Waals surface area contributed by atoms with Crippen molar-refractivity contribution >= 4 is 23.4 Å². The SMILES string of the molecule is O=C(O)C/C=C/c1cc(-n2ccnc2)cs1. The molecule has 0 aromatic carbocycles. The van der Waals surface area contributed by atoms with Gasteiger partial charge < -0.3 is 9.67 Å². The summed E-state index contributed by atoms with van der Waals surface area (Å²) in [5.41, 5.74) is 1.04. The highest BCUT2D eigenvalue weighted by Gasteiger charge is 1.98. The van der Waals surface area contributed by atoms with E-state index in [1.807, 2.05) is 28.3 Å². The number of carboxylic acid groups (broad SMARTS) is 1. The number of nitrogens with zero attached hydrogens (tertiary/aromatic N) is 2. The van der Waals surface area contributed by atoms with Crippen LogP contribution in [0.15, 0.2) is 36.2 Å². The van der Waals surface area contributed by atoms with E-state index in [4.69, 9.17) is 5.11 Å². The average molecular weight is 234 g/mol. The molecule has 1 N–H and O–H groups in total. The van der Waals surface area contributed by atoms with Gasteiger partial charge in [-0.25, -0.2) is 4.98 Å². The fourth-order valence-electron chi connectivity index (χ4n) is 1.25. The largest absolute Gasteiger partial charge is 0.481 e. The van der Waals surface area contributed by atoms with Crippen molar-refractivity contribution in [2.45, 2.75) is 6.42 Å².